The van der Waals surface area contributed by atoms with Crippen LogP contribution >= 0.6 is 0 Å². The molecule has 0 aliphatic carbocycles. The first kappa shape index (κ1) is 20.2. The molecule has 0 bridgehead atoms. The number of ether oxygens (including phenoxy) is 1. The molecule has 168 valence electrons. The van der Waals surface area contributed by atoms with Crippen LogP contribution < -0.4 is 15.0 Å². The highest BCUT2D eigenvalue weighted by molar-refractivity contribution is 5.82. The second-order valence-electron chi connectivity index (χ2n) is 8.38. The SMILES string of the molecule is Cc1nc2ccc(-c3ccc4c(c3)CN(c3ccnc(Nc5ccccc5)n3)CCO4)cc2[nH]1. The second kappa shape index (κ2) is 8.51. The Bertz CT molecular complexity index is 1460. The van der Waals surface area contributed by atoms with E-state index >= 15 is 0 Å². The van der Waals surface area contributed by atoms with Crippen LogP contribution in [0.1, 0.15) is 11.4 Å². The Morgan fingerprint density at radius 3 is 2.71 bits per heavy atom. The fourth-order valence-corrected chi connectivity index (χ4v) is 4.32. The molecular formula is C27H24N6O. The Labute approximate surface area is 197 Å². The summed E-state index contributed by atoms with van der Waals surface area (Å²) in [6.45, 7) is 4.01. The first-order valence-electron chi connectivity index (χ1n) is 11.3. The number of aromatic nitrogens is 4. The predicted molar refractivity (Wildman–Crippen MR) is 135 cm³/mol. The Hall–Kier alpha value is -4.39. The van der Waals surface area contributed by atoms with Crippen LogP contribution in [0.2, 0.25) is 0 Å². The molecule has 0 fully saturated rings. The number of para-hydroxylation sites is 1. The zero-order valence-corrected chi connectivity index (χ0v) is 18.8. The standard InChI is InChI=1S/C27H24N6O/c1-18-29-23-9-7-20(16-24(23)30-18)19-8-10-25-21(15-19)17-33(13-14-34-25)26-11-12-28-27(32-26)31-22-5-3-2-4-6-22/h2-12,15-16H,13-14,17H2,1H3,(H,29,30)(H,28,31,32). The summed E-state index contributed by atoms with van der Waals surface area (Å²) in [5.41, 5.74) is 6.40. The van der Waals surface area contributed by atoms with Gasteiger partial charge in [0.25, 0.3) is 0 Å². The molecule has 7 heteroatoms. The molecule has 6 rings (SSSR count). The van der Waals surface area contributed by atoms with E-state index < -0.39 is 0 Å². The van der Waals surface area contributed by atoms with Gasteiger partial charge in [0.1, 0.15) is 24.0 Å². The smallest absolute Gasteiger partial charge is 0.229 e. The number of H-pyrrole nitrogens is 1. The van der Waals surface area contributed by atoms with Crippen LogP contribution in [0, 0.1) is 6.92 Å². The van der Waals surface area contributed by atoms with Crippen molar-refractivity contribution in [2.45, 2.75) is 13.5 Å². The molecule has 3 heterocycles. The van der Waals surface area contributed by atoms with Gasteiger partial charge < -0.3 is 19.9 Å². The molecule has 1 aliphatic heterocycles. The third kappa shape index (κ3) is 4.03. The first-order valence-corrected chi connectivity index (χ1v) is 11.3. The van der Waals surface area contributed by atoms with Crippen LogP contribution in [0.5, 0.6) is 5.75 Å². The van der Waals surface area contributed by atoms with Gasteiger partial charge in [-0.1, -0.05) is 30.3 Å². The van der Waals surface area contributed by atoms with Gasteiger partial charge in [0, 0.05) is 24.0 Å². The lowest BCUT2D eigenvalue weighted by Gasteiger charge is -2.21. The molecule has 2 N–H and O–H groups in total. The van der Waals surface area contributed by atoms with Gasteiger partial charge in [0.2, 0.25) is 5.95 Å². The molecule has 0 unspecified atom stereocenters. The van der Waals surface area contributed by atoms with Crippen molar-refractivity contribution >= 4 is 28.5 Å². The van der Waals surface area contributed by atoms with E-state index in [2.05, 4.69) is 61.6 Å². The summed E-state index contributed by atoms with van der Waals surface area (Å²) in [6.07, 6.45) is 1.79. The fraction of sp³-hybridized carbons (Fsp3) is 0.148. The summed E-state index contributed by atoms with van der Waals surface area (Å²) >= 11 is 0. The van der Waals surface area contributed by atoms with Gasteiger partial charge in [-0.2, -0.15) is 4.98 Å². The van der Waals surface area contributed by atoms with E-state index in [4.69, 9.17) is 9.72 Å². The van der Waals surface area contributed by atoms with Gasteiger partial charge >= 0.3 is 0 Å². The summed E-state index contributed by atoms with van der Waals surface area (Å²) in [5, 5.41) is 3.28. The molecular weight excluding hydrogens is 424 g/mol. The first-order chi connectivity index (χ1) is 16.7. The highest BCUT2D eigenvalue weighted by Crippen LogP contribution is 2.32. The van der Waals surface area contributed by atoms with Gasteiger partial charge in [-0.05, 0) is 60.5 Å². The summed E-state index contributed by atoms with van der Waals surface area (Å²) in [4.78, 5) is 19.2. The van der Waals surface area contributed by atoms with Gasteiger partial charge in [0.15, 0.2) is 0 Å². The lowest BCUT2D eigenvalue weighted by Crippen LogP contribution is -2.26. The summed E-state index contributed by atoms with van der Waals surface area (Å²) in [7, 11) is 0. The minimum absolute atomic E-state index is 0.575. The Morgan fingerprint density at radius 1 is 0.941 bits per heavy atom. The van der Waals surface area contributed by atoms with Gasteiger partial charge in [-0.3, -0.25) is 0 Å². The monoisotopic (exact) mass is 448 g/mol. The molecule has 34 heavy (non-hydrogen) atoms. The van der Waals surface area contributed by atoms with Gasteiger partial charge in [0.05, 0.1) is 17.6 Å². The molecule has 0 saturated carbocycles. The third-order valence-electron chi connectivity index (χ3n) is 5.97. The van der Waals surface area contributed by atoms with Crippen LogP contribution in [0.3, 0.4) is 0 Å². The highest BCUT2D eigenvalue weighted by Gasteiger charge is 2.18. The number of nitrogens with zero attached hydrogens (tertiary/aromatic N) is 4. The zero-order chi connectivity index (χ0) is 22.9. The molecule has 2 aromatic heterocycles. The Morgan fingerprint density at radius 2 is 1.79 bits per heavy atom. The molecule has 0 radical (unpaired) electrons. The van der Waals surface area contributed by atoms with Crippen LogP contribution in [0.4, 0.5) is 17.5 Å². The average Bonchev–Trinajstić information content (AvgIpc) is 3.10. The molecule has 1 aliphatic rings. The number of anilines is 3. The van der Waals surface area contributed by atoms with Gasteiger partial charge in [-0.25, -0.2) is 9.97 Å². The third-order valence-corrected chi connectivity index (χ3v) is 5.97. The van der Waals surface area contributed by atoms with E-state index in [0.29, 0.717) is 19.1 Å². The molecule has 3 aromatic carbocycles. The van der Waals surface area contributed by atoms with Crippen molar-refractivity contribution in [3.05, 3.63) is 90.4 Å². The van der Waals surface area contributed by atoms with E-state index in [1.807, 2.05) is 43.3 Å². The molecule has 0 atom stereocenters. The molecule has 0 saturated heterocycles. The molecule has 0 spiro atoms. The number of aryl methyl sites for hydroxylation is 1. The quantitative estimate of drug-likeness (QED) is 0.380. The Kier molecular flexibility index (Phi) is 5.07. The second-order valence-corrected chi connectivity index (χ2v) is 8.38. The average molecular weight is 449 g/mol. The number of aromatic amines is 1. The number of hydrogen-bond acceptors (Lipinski definition) is 6. The van der Waals surface area contributed by atoms with Crippen LogP contribution in [0.25, 0.3) is 22.2 Å². The summed E-state index contributed by atoms with van der Waals surface area (Å²) < 4.78 is 6.07. The number of hydrogen-bond donors (Lipinski definition) is 2. The topological polar surface area (TPSA) is 79.0 Å². The Balaban J connectivity index is 1.28. The number of fused-ring (bicyclic) bond motifs is 2. The van der Waals surface area contributed by atoms with E-state index in [9.17, 15) is 0 Å². The van der Waals surface area contributed by atoms with E-state index in [1.54, 1.807) is 6.20 Å². The number of imidazole rings is 1. The van der Waals surface area contributed by atoms with E-state index in [-0.39, 0.29) is 0 Å². The van der Waals surface area contributed by atoms with Crippen molar-refractivity contribution in [2.24, 2.45) is 0 Å². The highest BCUT2D eigenvalue weighted by atomic mass is 16.5. The van der Waals surface area contributed by atoms with Crippen molar-refractivity contribution in [1.29, 1.82) is 0 Å². The summed E-state index contributed by atoms with van der Waals surface area (Å²) in [5.74, 6) is 3.28. The van der Waals surface area contributed by atoms with Crippen molar-refractivity contribution in [3.8, 4) is 16.9 Å². The van der Waals surface area contributed by atoms with E-state index in [0.717, 1.165) is 57.3 Å². The number of benzene rings is 3. The predicted octanol–water partition coefficient (Wildman–Crippen LogP) is 5.47. The lowest BCUT2D eigenvalue weighted by molar-refractivity contribution is 0.331. The van der Waals surface area contributed by atoms with Crippen molar-refractivity contribution in [1.82, 2.24) is 19.9 Å². The van der Waals surface area contributed by atoms with Crippen molar-refractivity contribution < 1.29 is 4.74 Å². The maximum Gasteiger partial charge on any atom is 0.229 e. The van der Waals surface area contributed by atoms with E-state index in [1.165, 1.54) is 0 Å². The van der Waals surface area contributed by atoms with Crippen LogP contribution in [0.15, 0.2) is 79.0 Å². The lowest BCUT2D eigenvalue weighted by atomic mass is 10.0. The minimum Gasteiger partial charge on any atom is -0.491 e. The number of rotatable bonds is 4. The van der Waals surface area contributed by atoms with Crippen molar-refractivity contribution in [3.63, 3.8) is 0 Å². The largest absolute Gasteiger partial charge is 0.491 e. The molecule has 5 aromatic rings. The van der Waals surface area contributed by atoms with Gasteiger partial charge in [-0.15, -0.1) is 0 Å². The van der Waals surface area contributed by atoms with Crippen molar-refractivity contribution in [2.75, 3.05) is 23.4 Å². The maximum absolute atomic E-state index is 6.07. The molecule has 7 nitrogen and oxygen atoms in total. The molecule has 0 amide bonds. The maximum atomic E-state index is 6.07. The fourth-order valence-electron chi connectivity index (χ4n) is 4.32. The normalized spacial score (nSPS) is 13.3. The summed E-state index contributed by atoms with van der Waals surface area (Å²) in [6, 6.07) is 24.6. The van der Waals surface area contributed by atoms with Crippen LogP contribution in [-0.2, 0) is 6.54 Å². The number of nitrogens with one attached hydrogen (secondary N) is 2. The zero-order valence-electron chi connectivity index (χ0n) is 18.8. The van der Waals surface area contributed by atoms with Crippen LogP contribution in [-0.4, -0.2) is 33.1 Å². The minimum atomic E-state index is 0.575.